The fourth-order valence-corrected chi connectivity index (χ4v) is 10.1. The number of hydrogen-bond donors (Lipinski definition) is 0. The average molecular weight is 754 g/mol. The third-order valence-electron chi connectivity index (χ3n) is 12.6. The summed E-state index contributed by atoms with van der Waals surface area (Å²) in [4.78, 5) is 2.49. The van der Waals surface area contributed by atoms with Gasteiger partial charge in [0.2, 0.25) is 0 Å². The molecule has 0 saturated heterocycles. The van der Waals surface area contributed by atoms with Gasteiger partial charge in [0, 0.05) is 38.6 Å². The Morgan fingerprint density at radius 1 is 0.322 bits per heavy atom. The third kappa shape index (κ3) is 4.82. The number of anilines is 3. The Morgan fingerprint density at radius 3 is 1.05 bits per heavy atom. The number of rotatable bonds is 5. The fourth-order valence-electron chi connectivity index (χ4n) is 10.1. The second kappa shape index (κ2) is 13.0. The standard InChI is InChI=1S/C56H39N3/c1-38-28-30-41(31-29-38)57-54-34-32-42(58-50-24-12-8-20-44(50)45-21-9-13-25-51(45)58)36-48(54)56(39-16-4-2-5-17-39,40-18-6-3-7-19-40)49-37-43(33-35-55(49)57)59-52-26-14-10-22-46(52)47-23-11-15-27-53(47)59/h2-37H,1H3. The zero-order valence-electron chi connectivity index (χ0n) is 32.6. The van der Waals surface area contributed by atoms with Crippen LogP contribution in [0.25, 0.3) is 55.0 Å². The van der Waals surface area contributed by atoms with E-state index < -0.39 is 5.41 Å². The maximum absolute atomic E-state index is 2.49. The number of fused-ring (bicyclic) bond motifs is 8. The van der Waals surface area contributed by atoms with Gasteiger partial charge in [0.15, 0.2) is 0 Å². The van der Waals surface area contributed by atoms with E-state index in [9.17, 15) is 0 Å². The van der Waals surface area contributed by atoms with Gasteiger partial charge in [0.25, 0.3) is 0 Å². The van der Waals surface area contributed by atoms with Crippen LogP contribution < -0.4 is 4.90 Å². The van der Waals surface area contributed by atoms with Crippen molar-refractivity contribution in [3.05, 3.63) is 246 Å². The zero-order valence-corrected chi connectivity index (χ0v) is 32.6. The van der Waals surface area contributed by atoms with E-state index in [0.717, 1.165) is 28.4 Å². The first-order chi connectivity index (χ1) is 29.2. The lowest BCUT2D eigenvalue weighted by Crippen LogP contribution is -2.38. The first-order valence-electron chi connectivity index (χ1n) is 20.4. The topological polar surface area (TPSA) is 13.1 Å². The Bertz CT molecular complexity index is 3080. The van der Waals surface area contributed by atoms with Crippen LogP contribution in [0.1, 0.15) is 27.8 Å². The van der Waals surface area contributed by atoms with Crippen molar-refractivity contribution >= 4 is 60.7 Å². The van der Waals surface area contributed by atoms with Gasteiger partial charge in [-0.15, -0.1) is 0 Å². The van der Waals surface area contributed by atoms with Gasteiger partial charge in [-0.05, 0) is 102 Å². The van der Waals surface area contributed by atoms with Gasteiger partial charge in [-0.2, -0.15) is 0 Å². The second-order valence-corrected chi connectivity index (χ2v) is 15.8. The number of aromatic nitrogens is 2. The summed E-state index contributed by atoms with van der Waals surface area (Å²) in [6.07, 6.45) is 0. The molecule has 0 saturated carbocycles. The van der Waals surface area contributed by atoms with Gasteiger partial charge in [0.1, 0.15) is 0 Å². The average Bonchev–Trinajstić information content (AvgIpc) is 3.82. The van der Waals surface area contributed by atoms with Crippen LogP contribution in [0.2, 0.25) is 0 Å². The molecule has 278 valence electrons. The first-order valence-corrected chi connectivity index (χ1v) is 20.4. The Hall–Kier alpha value is -7.62. The highest BCUT2D eigenvalue weighted by Gasteiger charge is 2.47. The van der Waals surface area contributed by atoms with Crippen LogP contribution in [-0.4, -0.2) is 9.13 Å². The number of benzene rings is 9. The molecule has 12 rings (SSSR count). The Kier molecular flexibility index (Phi) is 7.36. The summed E-state index contributed by atoms with van der Waals surface area (Å²) in [6, 6.07) is 80.8. The molecule has 0 unspecified atom stereocenters. The predicted molar refractivity (Wildman–Crippen MR) is 246 cm³/mol. The molecule has 1 aliphatic heterocycles. The number of aryl methyl sites for hydroxylation is 1. The summed E-state index contributed by atoms with van der Waals surface area (Å²) in [6.45, 7) is 2.16. The molecule has 2 aromatic heterocycles. The summed E-state index contributed by atoms with van der Waals surface area (Å²) in [5, 5.41) is 5.00. The van der Waals surface area contributed by atoms with Gasteiger partial charge in [-0.3, -0.25) is 0 Å². The van der Waals surface area contributed by atoms with E-state index in [4.69, 9.17) is 0 Å². The van der Waals surface area contributed by atoms with Gasteiger partial charge in [0.05, 0.1) is 38.9 Å². The van der Waals surface area contributed by atoms with E-state index in [1.54, 1.807) is 0 Å². The fraction of sp³-hybridized carbons (Fsp3) is 0.0357. The third-order valence-corrected chi connectivity index (χ3v) is 12.6. The summed E-state index contributed by atoms with van der Waals surface area (Å²) in [7, 11) is 0. The van der Waals surface area contributed by atoms with E-state index in [1.807, 2.05) is 0 Å². The molecule has 3 heteroatoms. The summed E-state index contributed by atoms with van der Waals surface area (Å²) < 4.78 is 4.90. The molecule has 0 aliphatic carbocycles. The molecular formula is C56H39N3. The van der Waals surface area contributed by atoms with Gasteiger partial charge >= 0.3 is 0 Å². The number of nitrogens with zero attached hydrogens (tertiary/aromatic N) is 3. The zero-order chi connectivity index (χ0) is 39.1. The van der Waals surface area contributed by atoms with E-state index in [0.29, 0.717) is 0 Å². The van der Waals surface area contributed by atoms with Crippen LogP contribution in [0.4, 0.5) is 17.1 Å². The monoisotopic (exact) mass is 753 g/mol. The minimum Gasteiger partial charge on any atom is -0.310 e. The number of para-hydroxylation sites is 4. The van der Waals surface area contributed by atoms with Crippen molar-refractivity contribution in [2.75, 3.05) is 4.90 Å². The van der Waals surface area contributed by atoms with Crippen molar-refractivity contribution in [2.24, 2.45) is 0 Å². The van der Waals surface area contributed by atoms with Crippen LogP contribution in [0.15, 0.2) is 218 Å². The van der Waals surface area contributed by atoms with Crippen LogP contribution in [0, 0.1) is 6.92 Å². The molecule has 3 heterocycles. The lowest BCUT2D eigenvalue weighted by molar-refractivity contribution is 0.729. The molecule has 0 atom stereocenters. The van der Waals surface area contributed by atoms with Crippen molar-refractivity contribution in [1.29, 1.82) is 0 Å². The minimum atomic E-state index is -0.697. The summed E-state index contributed by atoms with van der Waals surface area (Å²) in [5.74, 6) is 0. The molecule has 3 nitrogen and oxygen atoms in total. The molecule has 0 N–H and O–H groups in total. The highest BCUT2D eigenvalue weighted by atomic mass is 15.2. The Labute approximate surface area is 343 Å². The Morgan fingerprint density at radius 2 is 0.661 bits per heavy atom. The highest BCUT2D eigenvalue weighted by molar-refractivity contribution is 6.10. The van der Waals surface area contributed by atoms with E-state index in [2.05, 4.69) is 239 Å². The molecule has 1 aliphatic rings. The largest absolute Gasteiger partial charge is 0.310 e. The molecule has 11 aromatic rings. The van der Waals surface area contributed by atoms with Gasteiger partial charge < -0.3 is 14.0 Å². The quantitative estimate of drug-likeness (QED) is 0.171. The van der Waals surface area contributed by atoms with Crippen LogP contribution in [0.5, 0.6) is 0 Å². The van der Waals surface area contributed by atoms with Gasteiger partial charge in [-0.1, -0.05) is 151 Å². The molecule has 0 radical (unpaired) electrons. The molecule has 9 aromatic carbocycles. The maximum atomic E-state index is 2.49. The van der Waals surface area contributed by atoms with Crippen molar-refractivity contribution in [3.8, 4) is 11.4 Å². The van der Waals surface area contributed by atoms with Crippen molar-refractivity contribution < 1.29 is 0 Å². The van der Waals surface area contributed by atoms with Gasteiger partial charge in [-0.25, -0.2) is 0 Å². The molecular weight excluding hydrogens is 715 g/mol. The van der Waals surface area contributed by atoms with Crippen LogP contribution in [-0.2, 0) is 5.41 Å². The minimum absolute atomic E-state index is 0.697. The molecule has 0 fully saturated rings. The van der Waals surface area contributed by atoms with Crippen LogP contribution in [0.3, 0.4) is 0 Å². The van der Waals surface area contributed by atoms with Crippen molar-refractivity contribution in [1.82, 2.24) is 9.13 Å². The smallest absolute Gasteiger partial charge is 0.0743 e. The van der Waals surface area contributed by atoms with Crippen molar-refractivity contribution in [2.45, 2.75) is 12.3 Å². The Balaban J connectivity index is 1.24. The second-order valence-electron chi connectivity index (χ2n) is 15.8. The van der Waals surface area contributed by atoms with Crippen molar-refractivity contribution in [3.63, 3.8) is 0 Å². The summed E-state index contributed by atoms with van der Waals surface area (Å²) in [5.41, 5.74) is 15.9. The maximum Gasteiger partial charge on any atom is 0.0743 e. The molecule has 0 spiro atoms. The predicted octanol–water partition coefficient (Wildman–Crippen LogP) is 14.4. The first kappa shape index (κ1) is 33.5. The van der Waals surface area contributed by atoms with E-state index >= 15 is 0 Å². The lowest BCUT2D eigenvalue weighted by atomic mass is 9.62. The molecule has 0 bridgehead atoms. The van der Waals surface area contributed by atoms with E-state index in [1.165, 1.54) is 71.4 Å². The molecule has 59 heavy (non-hydrogen) atoms. The SMILES string of the molecule is Cc1ccc(N2c3ccc(-n4c5ccccc5c5ccccc54)cc3C(c3ccccc3)(c3ccccc3)c3cc(-n4c5ccccc5c5ccccc54)ccc32)cc1. The molecule has 0 amide bonds. The van der Waals surface area contributed by atoms with E-state index in [-0.39, 0.29) is 0 Å². The van der Waals surface area contributed by atoms with Crippen LogP contribution >= 0.6 is 0 Å². The normalized spacial score (nSPS) is 13.3. The summed E-state index contributed by atoms with van der Waals surface area (Å²) >= 11 is 0. The number of hydrogen-bond acceptors (Lipinski definition) is 1. The highest BCUT2D eigenvalue weighted by Crippen LogP contribution is 2.58. The lowest BCUT2D eigenvalue weighted by Gasteiger charge is -2.47.